The standard InChI is InChI=1S/C18H16ClN3O4S/c1-11-3-6-15-16(9-11)27-18(21(15)7-8-26-2)20-17(23)13-10-12(22(24)25)4-5-14(13)19/h3-6,9-10H,7-8H2,1-2H3. The minimum absolute atomic E-state index is 0.00204. The molecule has 27 heavy (non-hydrogen) atoms. The Morgan fingerprint density at radius 1 is 1.33 bits per heavy atom. The highest BCUT2D eigenvalue weighted by Gasteiger charge is 2.16. The average Bonchev–Trinajstić information content (AvgIpc) is 2.95. The van der Waals surface area contributed by atoms with Crippen molar-refractivity contribution >= 4 is 44.7 Å². The topological polar surface area (TPSA) is 86.7 Å². The molecule has 0 bridgehead atoms. The number of methoxy groups -OCH3 is 1. The Bertz CT molecular complexity index is 1100. The molecule has 1 heterocycles. The Labute approximate surface area is 163 Å². The van der Waals surface area contributed by atoms with Crippen molar-refractivity contribution in [3.63, 3.8) is 0 Å². The number of halogens is 1. The van der Waals surface area contributed by atoms with Crippen LogP contribution in [0.15, 0.2) is 41.4 Å². The zero-order chi connectivity index (χ0) is 19.6. The average molecular weight is 406 g/mol. The summed E-state index contributed by atoms with van der Waals surface area (Å²) in [6, 6.07) is 9.70. The van der Waals surface area contributed by atoms with Crippen LogP contribution >= 0.6 is 22.9 Å². The number of nitro benzene ring substituents is 1. The second-order valence-electron chi connectivity index (χ2n) is 5.84. The molecule has 2 aromatic carbocycles. The van der Waals surface area contributed by atoms with Crippen molar-refractivity contribution in [2.24, 2.45) is 4.99 Å². The minimum atomic E-state index is -0.627. The predicted molar refractivity (Wildman–Crippen MR) is 104 cm³/mol. The van der Waals surface area contributed by atoms with E-state index in [2.05, 4.69) is 4.99 Å². The van der Waals surface area contributed by atoms with E-state index in [1.54, 1.807) is 7.11 Å². The quantitative estimate of drug-likeness (QED) is 0.474. The molecule has 0 N–H and O–H groups in total. The lowest BCUT2D eigenvalue weighted by molar-refractivity contribution is -0.384. The number of carbonyl (C=O) groups excluding carboxylic acids is 1. The van der Waals surface area contributed by atoms with Gasteiger partial charge in [0, 0.05) is 25.8 Å². The first-order chi connectivity index (χ1) is 12.9. The van der Waals surface area contributed by atoms with E-state index in [1.807, 2.05) is 29.7 Å². The molecule has 0 saturated heterocycles. The van der Waals surface area contributed by atoms with E-state index >= 15 is 0 Å². The number of amides is 1. The van der Waals surface area contributed by atoms with E-state index in [0.29, 0.717) is 18.0 Å². The van der Waals surface area contributed by atoms with Crippen molar-refractivity contribution in [3.8, 4) is 0 Å². The smallest absolute Gasteiger partial charge is 0.281 e. The zero-order valence-corrected chi connectivity index (χ0v) is 16.2. The van der Waals surface area contributed by atoms with Crippen molar-refractivity contribution in [2.75, 3.05) is 13.7 Å². The number of rotatable bonds is 5. The van der Waals surface area contributed by atoms with Gasteiger partial charge in [-0.25, -0.2) is 0 Å². The van der Waals surface area contributed by atoms with Gasteiger partial charge in [0.05, 0.1) is 32.3 Å². The molecule has 0 atom stereocenters. The van der Waals surface area contributed by atoms with Gasteiger partial charge in [0.2, 0.25) is 0 Å². The van der Waals surface area contributed by atoms with Crippen molar-refractivity contribution in [2.45, 2.75) is 13.5 Å². The Balaban J connectivity index is 2.13. The Morgan fingerprint density at radius 2 is 2.11 bits per heavy atom. The van der Waals surface area contributed by atoms with Gasteiger partial charge in [0.25, 0.3) is 11.6 Å². The number of carbonyl (C=O) groups is 1. The summed E-state index contributed by atoms with van der Waals surface area (Å²) < 4.78 is 8.04. The van der Waals surface area contributed by atoms with Crippen LogP contribution < -0.4 is 4.80 Å². The maximum absolute atomic E-state index is 12.7. The molecule has 7 nitrogen and oxygen atoms in total. The molecule has 0 fully saturated rings. The third-order valence-corrected chi connectivity index (χ3v) is 5.32. The molecular weight excluding hydrogens is 390 g/mol. The number of hydrogen-bond acceptors (Lipinski definition) is 5. The van der Waals surface area contributed by atoms with Crippen LogP contribution in [0.2, 0.25) is 5.02 Å². The fraction of sp³-hybridized carbons (Fsp3) is 0.222. The van der Waals surface area contributed by atoms with Gasteiger partial charge in [-0.3, -0.25) is 14.9 Å². The number of ether oxygens (including phenoxy) is 1. The predicted octanol–water partition coefficient (Wildman–Crippen LogP) is 3.96. The van der Waals surface area contributed by atoms with Crippen molar-refractivity contribution in [1.29, 1.82) is 0 Å². The van der Waals surface area contributed by atoms with E-state index in [0.717, 1.165) is 21.8 Å². The maximum Gasteiger partial charge on any atom is 0.281 e. The molecule has 0 aliphatic heterocycles. The molecule has 1 amide bonds. The molecule has 1 aromatic heterocycles. The van der Waals surface area contributed by atoms with Crippen LogP contribution in [0.25, 0.3) is 10.2 Å². The van der Waals surface area contributed by atoms with E-state index in [4.69, 9.17) is 16.3 Å². The van der Waals surface area contributed by atoms with Crippen LogP contribution in [0.4, 0.5) is 5.69 Å². The van der Waals surface area contributed by atoms with Crippen LogP contribution in [-0.2, 0) is 11.3 Å². The van der Waals surface area contributed by atoms with Gasteiger partial charge in [-0.05, 0) is 30.7 Å². The first-order valence-corrected chi connectivity index (χ1v) is 9.22. The zero-order valence-electron chi connectivity index (χ0n) is 14.6. The van der Waals surface area contributed by atoms with Crippen LogP contribution in [0, 0.1) is 17.0 Å². The second kappa shape index (κ2) is 7.99. The highest BCUT2D eigenvalue weighted by atomic mass is 35.5. The molecule has 140 valence electrons. The second-order valence-corrected chi connectivity index (χ2v) is 7.25. The van der Waals surface area contributed by atoms with Crippen molar-refractivity contribution < 1.29 is 14.5 Å². The fourth-order valence-electron chi connectivity index (χ4n) is 2.60. The lowest BCUT2D eigenvalue weighted by Crippen LogP contribution is -2.19. The van der Waals surface area contributed by atoms with E-state index in [-0.39, 0.29) is 16.3 Å². The largest absolute Gasteiger partial charge is 0.383 e. The van der Waals surface area contributed by atoms with Crippen LogP contribution in [0.1, 0.15) is 15.9 Å². The number of thiazole rings is 1. The summed E-state index contributed by atoms with van der Waals surface area (Å²) in [7, 11) is 1.60. The Kier molecular flexibility index (Phi) is 5.69. The highest BCUT2D eigenvalue weighted by molar-refractivity contribution is 7.16. The fourth-order valence-corrected chi connectivity index (χ4v) is 3.95. The number of nitro groups is 1. The number of aryl methyl sites for hydroxylation is 1. The number of hydrogen-bond donors (Lipinski definition) is 0. The Hall–Kier alpha value is -2.55. The first-order valence-electron chi connectivity index (χ1n) is 8.02. The van der Waals surface area contributed by atoms with E-state index in [9.17, 15) is 14.9 Å². The van der Waals surface area contributed by atoms with Crippen molar-refractivity contribution in [1.82, 2.24) is 4.57 Å². The minimum Gasteiger partial charge on any atom is -0.383 e. The van der Waals surface area contributed by atoms with Gasteiger partial charge in [-0.15, -0.1) is 0 Å². The molecule has 3 rings (SSSR count). The van der Waals surface area contributed by atoms with Gasteiger partial charge in [0.15, 0.2) is 4.80 Å². The molecule has 3 aromatic rings. The number of fused-ring (bicyclic) bond motifs is 1. The number of non-ortho nitro benzene ring substituents is 1. The highest BCUT2D eigenvalue weighted by Crippen LogP contribution is 2.23. The summed E-state index contributed by atoms with van der Waals surface area (Å²) in [6.07, 6.45) is 0. The normalized spacial score (nSPS) is 11.9. The third-order valence-electron chi connectivity index (χ3n) is 3.95. The van der Waals surface area contributed by atoms with Crippen molar-refractivity contribution in [3.05, 3.63) is 67.5 Å². The third kappa shape index (κ3) is 4.08. The summed E-state index contributed by atoms with van der Waals surface area (Å²) in [4.78, 5) is 27.7. The molecule has 0 spiro atoms. The summed E-state index contributed by atoms with van der Waals surface area (Å²) in [5.74, 6) is -0.627. The lowest BCUT2D eigenvalue weighted by atomic mass is 10.2. The van der Waals surface area contributed by atoms with Gasteiger partial charge < -0.3 is 9.30 Å². The van der Waals surface area contributed by atoms with E-state index in [1.165, 1.54) is 23.5 Å². The van der Waals surface area contributed by atoms with Gasteiger partial charge in [-0.2, -0.15) is 4.99 Å². The monoisotopic (exact) mass is 405 g/mol. The summed E-state index contributed by atoms with van der Waals surface area (Å²) in [5.41, 5.74) is 1.83. The molecule has 0 radical (unpaired) electrons. The first kappa shape index (κ1) is 19.2. The summed E-state index contributed by atoms with van der Waals surface area (Å²) in [6.45, 7) is 2.97. The van der Waals surface area contributed by atoms with Gasteiger partial charge in [-0.1, -0.05) is 29.0 Å². The molecule has 0 aliphatic carbocycles. The number of benzene rings is 2. The summed E-state index contributed by atoms with van der Waals surface area (Å²) in [5, 5.41) is 11.1. The molecule has 9 heteroatoms. The molecule has 0 unspecified atom stereocenters. The van der Waals surface area contributed by atoms with Crippen LogP contribution in [0.5, 0.6) is 0 Å². The van der Waals surface area contributed by atoms with Gasteiger partial charge >= 0.3 is 0 Å². The molecule has 0 saturated carbocycles. The SMILES string of the molecule is COCCn1c(=NC(=O)c2cc([N+](=O)[O-])ccc2Cl)sc2cc(C)ccc21. The number of aromatic nitrogens is 1. The van der Waals surface area contributed by atoms with E-state index < -0.39 is 10.8 Å². The maximum atomic E-state index is 12.7. The molecular formula is C18H16ClN3O4S. The Morgan fingerprint density at radius 3 is 2.81 bits per heavy atom. The number of nitrogens with zero attached hydrogens (tertiary/aromatic N) is 3. The van der Waals surface area contributed by atoms with Crippen LogP contribution in [-0.4, -0.2) is 29.1 Å². The molecule has 0 aliphatic rings. The summed E-state index contributed by atoms with van der Waals surface area (Å²) >= 11 is 7.43. The van der Waals surface area contributed by atoms with Crippen LogP contribution in [0.3, 0.4) is 0 Å². The van der Waals surface area contributed by atoms with Gasteiger partial charge in [0.1, 0.15) is 0 Å². The lowest BCUT2D eigenvalue weighted by Gasteiger charge is -2.04.